The molecule has 1 fully saturated rings. The average molecular weight is 289 g/mol. The summed E-state index contributed by atoms with van der Waals surface area (Å²) in [5.74, 6) is 0.737. The van der Waals surface area contributed by atoms with Crippen molar-refractivity contribution >= 4 is 33.0 Å². The van der Waals surface area contributed by atoms with Gasteiger partial charge >= 0.3 is 0 Å². The second-order valence-corrected chi connectivity index (χ2v) is 6.46. The molecule has 2 heterocycles. The molecular formula is C15H19N3OS. The van der Waals surface area contributed by atoms with E-state index in [1.807, 2.05) is 6.07 Å². The molecule has 2 aromatic heterocycles. The molecule has 0 radical (unpaired) electrons. The smallest absolute Gasteiger partial charge is 0.263 e. The summed E-state index contributed by atoms with van der Waals surface area (Å²) in [6.07, 6.45) is 9.85. The fraction of sp³-hybridized carbons (Fsp3) is 0.467. The van der Waals surface area contributed by atoms with E-state index in [1.54, 1.807) is 12.4 Å². The number of nitrogens with one attached hydrogen (secondary N) is 1. The third kappa shape index (κ3) is 2.63. The van der Waals surface area contributed by atoms with Gasteiger partial charge in [-0.25, -0.2) is 0 Å². The van der Waals surface area contributed by atoms with Gasteiger partial charge in [0.15, 0.2) is 0 Å². The predicted molar refractivity (Wildman–Crippen MR) is 82.9 cm³/mol. The monoisotopic (exact) mass is 289 g/mol. The Balaban J connectivity index is 1.64. The zero-order valence-corrected chi connectivity index (χ0v) is 12.2. The third-order valence-electron chi connectivity index (χ3n) is 4.05. The van der Waals surface area contributed by atoms with Gasteiger partial charge in [-0.05, 0) is 18.4 Å². The molecule has 1 saturated carbocycles. The first-order chi connectivity index (χ1) is 9.75. The van der Waals surface area contributed by atoms with Crippen molar-refractivity contribution in [2.24, 2.45) is 5.92 Å². The van der Waals surface area contributed by atoms with E-state index in [0.717, 1.165) is 29.0 Å². The van der Waals surface area contributed by atoms with Crippen LogP contribution in [-0.4, -0.2) is 17.4 Å². The second-order valence-electron chi connectivity index (χ2n) is 5.41. The number of hydrogen-bond acceptors (Lipinski definition) is 4. The number of aromatic nitrogens is 1. The molecule has 3 rings (SSSR count). The molecule has 0 spiro atoms. The van der Waals surface area contributed by atoms with Crippen molar-refractivity contribution in [3.05, 3.63) is 23.3 Å². The van der Waals surface area contributed by atoms with Crippen molar-refractivity contribution in [3.8, 4) is 0 Å². The van der Waals surface area contributed by atoms with Crippen molar-refractivity contribution in [3.63, 3.8) is 0 Å². The van der Waals surface area contributed by atoms with Crippen LogP contribution in [0.15, 0.2) is 18.5 Å². The fourth-order valence-corrected chi connectivity index (χ4v) is 3.92. The van der Waals surface area contributed by atoms with Crippen LogP contribution in [0.5, 0.6) is 0 Å². The molecule has 1 aliphatic carbocycles. The van der Waals surface area contributed by atoms with E-state index < -0.39 is 0 Å². The number of anilines is 1. The Morgan fingerprint density at radius 1 is 1.45 bits per heavy atom. The minimum atomic E-state index is -0.0540. The quantitative estimate of drug-likeness (QED) is 0.908. The van der Waals surface area contributed by atoms with Crippen LogP contribution in [0.25, 0.3) is 10.1 Å². The molecule has 2 aromatic rings. The molecule has 0 aromatic carbocycles. The van der Waals surface area contributed by atoms with Crippen molar-refractivity contribution < 1.29 is 4.79 Å². The number of thiophene rings is 1. The number of carbonyl (C=O) groups is 1. The minimum Gasteiger partial charge on any atom is -0.397 e. The van der Waals surface area contributed by atoms with Crippen LogP contribution >= 0.6 is 11.3 Å². The van der Waals surface area contributed by atoms with E-state index in [-0.39, 0.29) is 5.91 Å². The maximum Gasteiger partial charge on any atom is 0.263 e. The first kappa shape index (κ1) is 13.4. The number of pyridine rings is 1. The first-order valence-corrected chi connectivity index (χ1v) is 7.97. The van der Waals surface area contributed by atoms with Gasteiger partial charge in [-0.1, -0.05) is 25.7 Å². The van der Waals surface area contributed by atoms with Crippen molar-refractivity contribution in [2.75, 3.05) is 12.3 Å². The zero-order valence-electron chi connectivity index (χ0n) is 11.4. The van der Waals surface area contributed by atoms with Crippen LogP contribution in [0.4, 0.5) is 5.69 Å². The van der Waals surface area contributed by atoms with Crippen molar-refractivity contribution in [2.45, 2.75) is 32.1 Å². The summed E-state index contributed by atoms with van der Waals surface area (Å²) in [7, 11) is 0. The number of fused-ring (bicyclic) bond motifs is 1. The highest BCUT2D eigenvalue weighted by molar-refractivity contribution is 7.21. The molecule has 20 heavy (non-hydrogen) atoms. The zero-order chi connectivity index (χ0) is 13.9. The second kappa shape index (κ2) is 5.79. The standard InChI is InChI=1S/C15H19N3OS/c16-13-11-6-7-17-9-12(11)20-14(13)15(19)18-8-5-10-3-1-2-4-10/h6-7,9-10H,1-5,8,16H2,(H,18,19). The Hall–Kier alpha value is -1.62. The molecular weight excluding hydrogens is 270 g/mol. The maximum absolute atomic E-state index is 12.2. The Morgan fingerprint density at radius 2 is 2.25 bits per heavy atom. The number of amides is 1. The third-order valence-corrected chi connectivity index (χ3v) is 5.21. The van der Waals surface area contributed by atoms with Crippen LogP contribution in [0.1, 0.15) is 41.8 Å². The SMILES string of the molecule is Nc1c(C(=O)NCCC2CCCC2)sc2cnccc12. The van der Waals surface area contributed by atoms with E-state index in [1.165, 1.54) is 37.0 Å². The Labute approximate surface area is 122 Å². The highest BCUT2D eigenvalue weighted by Gasteiger charge is 2.18. The Kier molecular flexibility index (Phi) is 3.87. The predicted octanol–water partition coefficient (Wildman–Crippen LogP) is 3.19. The average Bonchev–Trinajstić information content (AvgIpc) is 3.08. The molecule has 0 atom stereocenters. The van der Waals surface area contributed by atoms with E-state index in [2.05, 4.69) is 10.3 Å². The molecule has 0 bridgehead atoms. The van der Waals surface area contributed by atoms with Crippen LogP contribution in [-0.2, 0) is 0 Å². The van der Waals surface area contributed by atoms with Gasteiger partial charge in [-0.15, -0.1) is 11.3 Å². The molecule has 3 N–H and O–H groups in total. The highest BCUT2D eigenvalue weighted by atomic mass is 32.1. The summed E-state index contributed by atoms with van der Waals surface area (Å²) in [4.78, 5) is 16.9. The summed E-state index contributed by atoms with van der Waals surface area (Å²) in [5.41, 5.74) is 6.63. The molecule has 106 valence electrons. The summed E-state index contributed by atoms with van der Waals surface area (Å²) in [6, 6.07) is 1.86. The number of nitrogens with two attached hydrogens (primary N) is 1. The first-order valence-electron chi connectivity index (χ1n) is 7.16. The summed E-state index contributed by atoms with van der Waals surface area (Å²) >= 11 is 1.42. The van der Waals surface area contributed by atoms with E-state index in [4.69, 9.17) is 5.73 Å². The Morgan fingerprint density at radius 3 is 3.00 bits per heavy atom. The van der Waals surface area contributed by atoms with E-state index in [0.29, 0.717) is 10.6 Å². The summed E-state index contributed by atoms with van der Waals surface area (Å²) < 4.78 is 0.964. The van der Waals surface area contributed by atoms with Gasteiger partial charge in [0.05, 0.1) is 10.4 Å². The largest absolute Gasteiger partial charge is 0.397 e. The fourth-order valence-electron chi connectivity index (χ4n) is 2.91. The molecule has 5 heteroatoms. The van der Waals surface area contributed by atoms with Gasteiger partial charge in [0.25, 0.3) is 5.91 Å². The van der Waals surface area contributed by atoms with E-state index in [9.17, 15) is 4.79 Å². The molecule has 1 aliphatic rings. The van der Waals surface area contributed by atoms with Gasteiger partial charge in [-0.3, -0.25) is 9.78 Å². The summed E-state index contributed by atoms with van der Waals surface area (Å²) in [5, 5.41) is 3.92. The molecule has 0 saturated heterocycles. The van der Waals surface area contributed by atoms with Gasteiger partial charge < -0.3 is 11.1 Å². The molecule has 0 unspecified atom stereocenters. The van der Waals surface area contributed by atoms with Crippen LogP contribution in [0, 0.1) is 5.92 Å². The number of nitrogens with zero attached hydrogens (tertiary/aromatic N) is 1. The molecule has 0 aliphatic heterocycles. The van der Waals surface area contributed by atoms with Gasteiger partial charge in [0.1, 0.15) is 4.88 Å². The van der Waals surface area contributed by atoms with Crippen LogP contribution in [0.2, 0.25) is 0 Å². The molecule has 1 amide bonds. The van der Waals surface area contributed by atoms with Crippen LogP contribution < -0.4 is 11.1 Å². The number of carbonyl (C=O) groups excluding carboxylic acids is 1. The van der Waals surface area contributed by atoms with Gasteiger partial charge in [0.2, 0.25) is 0 Å². The lowest BCUT2D eigenvalue weighted by Crippen LogP contribution is -2.25. The summed E-state index contributed by atoms with van der Waals surface area (Å²) in [6.45, 7) is 0.745. The van der Waals surface area contributed by atoms with Gasteiger partial charge in [-0.2, -0.15) is 0 Å². The van der Waals surface area contributed by atoms with Gasteiger partial charge in [0, 0.05) is 24.3 Å². The molecule has 4 nitrogen and oxygen atoms in total. The van der Waals surface area contributed by atoms with E-state index >= 15 is 0 Å². The van der Waals surface area contributed by atoms with Crippen molar-refractivity contribution in [1.29, 1.82) is 0 Å². The lowest BCUT2D eigenvalue weighted by atomic mass is 10.0. The topological polar surface area (TPSA) is 68.0 Å². The highest BCUT2D eigenvalue weighted by Crippen LogP contribution is 2.32. The lowest BCUT2D eigenvalue weighted by Gasteiger charge is -2.09. The number of hydrogen-bond donors (Lipinski definition) is 2. The maximum atomic E-state index is 12.2. The Bertz CT molecular complexity index is 617. The minimum absolute atomic E-state index is 0.0540. The van der Waals surface area contributed by atoms with Crippen molar-refractivity contribution in [1.82, 2.24) is 10.3 Å². The number of rotatable bonds is 4. The normalized spacial score (nSPS) is 15.8. The van der Waals surface area contributed by atoms with Crippen LogP contribution in [0.3, 0.4) is 0 Å². The number of nitrogen functional groups attached to an aromatic ring is 1. The lowest BCUT2D eigenvalue weighted by molar-refractivity contribution is 0.0956.